The summed E-state index contributed by atoms with van der Waals surface area (Å²) >= 11 is 0. The molecule has 1 aliphatic heterocycles. The highest BCUT2D eigenvalue weighted by Gasteiger charge is 2.12. The molecule has 2 rings (SSSR count). The summed E-state index contributed by atoms with van der Waals surface area (Å²) in [4.78, 5) is 25.2. The number of nitrogens with zero attached hydrogens (tertiary/aromatic N) is 1. The van der Waals surface area contributed by atoms with Crippen LogP contribution in [0, 0.1) is 0 Å². The average molecular weight is 262 g/mol. The molecule has 0 saturated carbocycles. The molecule has 19 heavy (non-hydrogen) atoms. The molecule has 0 aromatic heterocycles. The Bertz CT molecular complexity index is 393. The van der Waals surface area contributed by atoms with E-state index in [2.05, 4.69) is 10.2 Å². The molecule has 0 aromatic rings. The molecular weight excluding hydrogens is 240 g/mol. The Kier molecular flexibility index (Phi) is 5.48. The van der Waals surface area contributed by atoms with Gasteiger partial charge in [0.15, 0.2) is 11.6 Å². The van der Waals surface area contributed by atoms with E-state index in [9.17, 15) is 9.59 Å². The SMILES string of the molecule is O=C1C=CC(=O)C(CNCCCN2CCCCC2)=C1. The molecule has 0 atom stereocenters. The molecule has 1 heterocycles. The molecule has 4 nitrogen and oxygen atoms in total. The molecule has 1 saturated heterocycles. The van der Waals surface area contributed by atoms with E-state index in [0.29, 0.717) is 12.1 Å². The summed E-state index contributed by atoms with van der Waals surface area (Å²) in [6.07, 6.45) is 9.21. The topological polar surface area (TPSA) is 49.4 Å². The highest BCUT2D eigenvalue weighted by atomic mass is 16.1. The highest BCUT2D eigenvalue weighted by Crippen LogP contribution is 2.08. The van der Waals surface area contributed by atoms with E-state index < -0.39 is 0 Å². The summed E-state index contributed by atoms with van der Waals surface area (Å²) in [6, 6.07) is 0. The van der Waals surface area contributed by atoms with Crippen LogP contribution in [-0.2, 0) is 9.59 Å². The van der Waals surface area contributed by atoms with Crippen LogP contribution < -0.4 is 5.32 Å². The Morgan fingerprint density at radius 3 is 2.68 bits per heavy atom. The Morgan fingerprint density at radius 1 is 1.11 bits per heavy atom. The average Bonchev–Trinajstić information content (AvgIpc) is 2.43. The first kappa shape index (κ1) is 14.2. The van der Waals surface area contributed by atoms with Gasteiger partial charge in [-0.2, -0.15) is 0 Å². The van der Waals surface area contributed by atoms with Gasteiger partial charge in [0.05, 0.1) is 0 Å². The minimum atomic E-state index is -0.0929. The van der Waals surface area contributed by atoms with E-state index in [1.807, 2.05) is 0 Å². The monoisotopic (exact) mass is 262 g/mol. The van der Waals surface area contributed by atoms with Gasteiger partial charge in [-0.25, -0.2) is 0 Å². The number of piperidine rings is 1. The second-order valence-corrected chi connectivity index (χ2v) is 5.20. The molecule has 0 unspecified atom stereocenters. The number of rotatable bonds is 6. The minimum Gasteiger partial charge on any atom is -0.312 e. The van der Waals surface area contributed by atoms with Crippen molar-refractivity contribution >= 4 is 11.6 Å². The maximum absolute atomic E-state index is 11.5. The second-order valence-electron chi connectivity index (χ2n) is 5.20. The first-order valence-corrected chi connectivity index (χ1v) is 7.16. The van der Waals surface area contributed by atoms with Crippen LogP contribution in [0.3, 0.4) is 0 Å². The second kappa shape index (κ2) is 7.36. The van der Waals surface area contributed by atoms with Gasteiger partial charge in [0.25, 0.3) is 0 Å². The van der Waals surface area contributed by atoms with Crippen LogP contribution in [0.2, 0.25) is 0 Å². The van der Waals surface area contributed by atoms with Gasteiger partial charge in [0, 0.05) is 12.1 Å². The fraction of sp³-hybridized carbons (Fsp3) is 0.600. The van der Waals surface area contributed by atoms with Crippen LogP contribution in [-0.4, -0.2) is 49.2 Å². The number of ketones is 2. The fourth-order valence-corrected chi connectivity index (χ4v) is 2.53. The van der Waals surface area contributed by atoms with Crippen molar-refractivity contribution in [3.05, 3.63) is 23.8 Å². The summed E-state index contributed by atoms with van der Waals surface area (Å²) in [7, 11) is 0. The van der Waals surface area contributed by atoms with Crippen molar-refractivity contribution in [2.24, 2.45) is 0 Å². The fourth-order valence-electron chi connectivity index (χ4n) is 2.53. The summed E-state index contributed by atoms with van der Waals surface area (Å²) in [6.45, 7) is 4.96. The lowest BCUT2D eigenvalue weighted by atomic mass is 10.0. The van der Waals surface area contributed by atoms with Crippen molar-refractivity contribution in [1.82, 2.24) is 10.2 Å². The first-order valence-electron chi connectivity index (χ1n) is 7.16. The van der Waals surface area contributed by atoms with E-state index in [-0.39, 0.29) is 11.6 Å². The molecular formula is C15H22N2O2. The summed E-state index contributed by atoms with van der Waals surface area (Å²) < 4.78 is 0. The molecule has 0 radical (unpaired) electrons. The van der Waals surface area contributed by atoms with Crippen molar-refractivity contribution in [3.8, 4) is 0 Å². The first-order chi connectivity index (χ1) is 9.25. The van der Waals surface area contributed by atoms with Gasteiger partial charge < -0.3 is 10.2 Å². The maximum Gasteiger partial charge on any atom is 0.183 e. The van der Waals surface area contributed by atoms with Crippen LogP contribution in [0.25, 0.3) is 0 Å². The molecule has 1 aliphatic carbocycles. The zero-order valence-corrected chi connectivity index (χ0v) is 11.4. The predicted octanol–water partition coefficient (Wildman–Crippen LogP) is 1.09. The van der Waals surface area contributed by atoms with Crippen molar-refractivity contribution < 1.29 is 9.59 Å². The third kappa shape index (κ3) is 4.73. The van der Waals surface area contributed by atoms with Crippen LogP contribution in [0.15, 0.2) is 23.8 Å². The number of carbonyl (C=O) groups excluding carboxylic acids is 2. The van der Waals surface area contributed by atoms with E-state index in [0.717, 1.165) is 19.5 Å². The van der Waals surface area contributed by atoms with Gasteiger partial charge in [-0.3, -0.25) is 9.59 Å². The number of nitrogens with one attached hydrogen (secondary N) is 1. The summed E-state index contributed by atoms with van der Waals surface area (Å²) in [5, 5.41) is 3.24. The van der Waals surface area contributed by atoms with Gasteiger partial charge in [0.1, 0.15) is 0 Å². The Balaban J connectivity index is 1.59. The number of likely N-dealkylation sites (tertiary alicyclic amines) is 1. The summed E-state index contributed by atoms with van der Waals surface area (Å²) in [5.41, 5.74) is 0.575. The largest absolute Gasteiger partial charge is 0.312 e. The molecule has 1 fully saturated rings. The molecule has 2 aliphatic rings. The number of hydrogen-bond acceptors (Lipinski definition) is 4. The molecule has 0 amide bonds. The minimum absolute atomic E-state index is 0.0527. The molecule has 4 heteroatoms. The van der Waals surface area contributed by atoms with Crippen molar-refractivity contribution in [2.75, 3.05) is 32.7 Å². The van der Waals surface area contributed by atoms with Gasteiger partial charge >= 0.3 is 0 Å². The Hall–Kier alpha value is -1.26. The van der Waals surface area contributed by atoms with Crippen molar-refractivity contribution in [3.63, 3.8) is 0 Å². The van der Waals surface area contributed by atoms with Crippen LogP contribution in [0.4, 0.5) is 0 Å². The number of carbonyl (C=O) groups is 2. The van der Waals surface area contributed by atoms with E-state index in [1.165, 1.54) is 50.6 Å². The highest BCUT2D eigenvalue weighted by molar-refractivity contribution is 6.17. The zero-order chi connectivity index (χ0) is 13.5. The van der Waals surface area contributed by atoms with Crippen LogP contribution in [0.5, 0.6) is 0 Å². The van der Waals surface area contributed by atoms with Gasteiger partial charge in [-0.15, -0.1) is 0 Å². The molecule has 104 valence electrons. The lowest BCUT2D eigenvalue weighted by molar-refractivity contribution is -0.114. The standard InChI is InChI=1S/C15H22N2O2/c18-14-5-6-15(19)13(11-14)12-16-7-4-10-17-8-2-1-3-9-17/h5-6,11,16H,1-4,7-10,12H2. The Labute approximate surface area is 114 Å². The molecule has 0 spiro atoms. The third-order valence-electron chi connectivity index (χ3n) is 3.62. The molecule has 1 N–H and O–H groups in total. The van der Waals surface area contributed by atoms with Gasteiger partial charge in [-0.1, -0.05) is 6.42 Å². The van der Waals surface area contributed by atoms with Crippen molar-refractivity contribution in [1.29, 1.82) is 0 Å². The maximum atomic E-state index is 11.5. The predicted molar refractivity (Wildman–Crippen MR) is 75.0 cm³/mol. The van der Waals surface area contributed by atoms with Crippen molar-refractivity contribution in [2.45, 2.75) is 25.7 Å². The number of hydrogen-bond donors (Lipinski definition) is 1. The van der Waals surface area contributed by atoms with Crippen LogP contribution >= 0.6 is 0 Å². The Morgan fingerprint density at radius 2 is 1.89 bits per heavy atom. The van der Waals surface area contributed by atoms with Gasteiger partial charge in [-0.05, 0) is 63.7 Å². The number of allylic oxidation sites excluding steroid dienone is 3. The third-order valence-corrected chi connectivity index (χ3v) is 3.62. The zero-order valence-electron chi connectivity index (χ0n) is 11.4. The normalized spacial score (nSPS) is 20.7. The van der Waals surface area contributed by atoms with Crippen LogP contribution in [0.1, 0.15) is 25.7 Å². The van der Waals surface area contributed by atoms with E-state index >= 15 is 0 Å². The molecule has 0 aromatic carbocycles. The summed E-state index contributed by atoms with van der Waals surface area (Å²) in [5.74, 6) is -0.146. The van der Waals surface area contributed by atoms with Gasteiger partial charge in [0.2, 0.25) is 0 Å². The van der Waals surface area contributed by atoms with E-state index in [1.54, 1.807) is 0 Å². The smallest absolute Gasteiger partial charge is 0.183 e. The lowest BCUT2D eigenvalue weighted by Gasteiger charge is -2.26. The molecule has 0 bridgehead atoms. The van der Waals surface area contributed by atoms with E-state index in [4.69, 9.17) is 0 Å². The lowest BCUT2D eigenvalue weighted by Crippen LogP contribution is -2.32. The quantitative estimate of drug-likeness (QED) is 0.575.